The van der Waals surface area contributed by atoms with Crippen LogP contribution in [0.3, 0.4) is 0 Å². The van der Waals surface area contributed by atoms with Gasteiger partial charge in [0.2, 0.25) is 0 Å². The van der Waals surface area contributed by atoms with Crippen LogP contribution in [0.4, 0.5) is 6.01 Å². The van der Waals surface area contributed by atoms with Crippen LogP contribution in [0.2, 0.25) is 0 Å². The van der Waals surface area contributed by atoms with Gasteiger partial charge in [0.1, 0.15) is 13.3 Å². The summed E-state index contributed by atoms with van der Waals surface area (Å²) < 4.78 is 16.1. The molecule has 0 aliphatic rings. The number of ether oxygens (including phenoxy) is 2. The highest BCUT2D eigenvalue weighted by Gasteiger charge is 2.10. The van der Waals surface area contributed by atoms with Gasteiger partial charge in [0.25, 0.3) is 6.01 Å². The lowest BCUT2D eigenvalue weighted by molar-refractivity contribution is -0.142. The molecule has 2 aromatic heterocycles. The number of hydrogen-bond acceptors (Lipinski definition) is 8. The van der Waals surface area contributed by atoms with Gasteiger partial charge in [0.15, 0.2) is 11.2 Å². The van der Waals surface area contributed by atoms with Crippen molar-refractivity contribution in [2.24, 2.45) is 0 Å². The monoisotopic (exact) mass is 268 g/mol. The van der Waals surface area contributed by atoms with Crippen LogP contribution < -0.4 is 11.4 Å². The minimum absolute atomic E-state index is 0.0813. The normalized spacial score (nSPS) is 10.8. The lowest BCUT2D eigenvalue weighted by atomic mass is 10.6. The second-order valence-electron chi connectivity index (χ2n) is 3.60. The van der Waals surface area contributed by atoms with Crippen molar-refractivity contribution in [3.63, 3.8) is 0 Å². The number of esters is 1. The summed E-state index contributed by atoms with van der Waals surface area (Å²) in [6, 6.07) is -0.237. The van der Waals surface area contributed by atoms with E-state index in [1.165, 1.54) is 17.8 Å². The maximum absolute atomic E-state index is 11.4. The van der Waals surface area contributed by atoms with E-state index in [-0.39, 0.29) is 43.1 Å². The lowest BCUT2D eigenvalue weighted by Gasteiger charge is -2.05. The highest BCUT2D eigenvalue weighted by Crippen LogP contribution is 2.07. The van der Waals surface area contributed by atoms with Crippen molar-refractivity contribution in [2.45, 2.75) is 13.7 Å². The van der Waals surface area contributed by atoms with E-state index < -0.39 is 5.63 Å². The third-order valence-corrected chi connectivity index (χ3v) is 2.18. The lowest BCUT2D eigenvalue weighted by Crippen LogP contribution is -2.11. The molecule has 2 rings (SSSR count). The number of nitrogens with two attached hydrogens (primary N) is 1. The predicted molar refractivity (Wildman–Crippen MR) is 63.1 cm³/mol. The molecule has 2 heterocycles. The fraction of sp³-hybridized carbons (Fsp3) is 0.400. The Morgan fingerprint density at radius 3 is 3.05 bits per heavy atom. The number of imidazole rings is 1. The first-order valence-electron chi connectivity index (χ1n) is 5.40. The number of hydrogen-bond donors (Lipinski definition) is 1. The molecular formula is C10H12N4O5. The van der Waals surface area contributed by atoms with Gasteiger partial charge in [-0.3, -0.25) is 9.36 Å². The van der Waals surface area contributed by atoms with E-state index in [1.807, 2.05) is 0 Å². The van der Waals surface area contributed by atoms with Crippen LogP contribution in [0.25, 0.3) is 11.2 Å². The van der Waals surface area contributed by atoms with Gasteiger partial charge in [0, 0.05) is 6.92 Å². The van der Waals surface area contributed by atoms with E-state index in [1.54, 1.807) is 0 Å². The van der Waals surface area contributed by atoms with E-state index in [0.29, 0.717) is 0 Å². The Kier molecular flexibility index (Phi) is 3.76. The zero-order valence-electron chi connectivity index (χ0n) is 10.2. The summed E-state index contributed by atoms with van der Waals surface area (Å²) in [6.45, 7) is 1.79. The molecule has 0 aromatic carbocycles. The van der Waals surface area contributed by atoms with Gasteiger partial charge < -0.3 is 19.6 Å². The summed E-state index contributed by atoms with van der Waals surface area (Å²) in [5.41, 5.74) is 5.05. The van der Waals surface area contributed by atoms with Crippen molar-refractivity contribution >= 4 is 23.1 Å². The van der Waals surface area contributed by atoms with Crippen LogP contribution in [-0.4, -0.2) is 33.7 Å². The zero-order chi connectivity index (χ0) is 13.8. The van der Waals surface area contributed by atoms with Gasteiger partial charge in [-0.2, -0.15) is 4.98 Å². The van der Waals surface area contributed by atoms with E-state index in [9.17, 15) is 9.59 Å². The van der Waals surface area contributed by atoms with Crippen molar-refractivity contribution in [3.05, 3.63) is 16.7 Å². The fourth-order valence-electron chi connectivity index (χ4n) is 1.41. The Labute approximate surface area is 106 Å². The van der Waals surface area contributed by atoms with Crippen LogP contribution in [0.1, 0.15) is 6.92 Å². The van der Waals surface area contributed by atoms with E-state index in [2.05, 4.69) is 14.4 Å². The Hall–Kier alpha value is -2.42. The maximum atomic E-state index is 11.4. The van der Waals surface area contributed by atoms with Gasteiger partial charge in [0.05, 0.1) is 12.9 Å². The Balaban J connectivity index is 2.01. The summed E-state index contributed by atoms with van der Waals surface area (Å²) in [5.74, 6) is -0.372. The highest BCUT2D eigenvalue weighted by molar-refractivity contribution is 5.69. The Bertz CT molecular complexity index is 647. The number of carbonyl (C=O) groups excluding carboxylic acids is 1. The molecule has 0 atom stereocenters. The number of nitrogens with zero attached hydrogens (tertiary/aromatic N) is 3. The summed E-state index contributed by atoms with van der Waals surface area (Å²) in [4.78, 5) is 29.7. The minimum Gasteiger partial charge on any atom is -0.463 e. The fourth-order valence-corrected chi connectivity index (χ4v) is 1.41. The van der Waals surface area contributed by atoms with Crippen LogP contribution in [-0.2, 0) is 21.0 Å². The van der Waals surface area contributed by atoms with Gasteiger partial charge in [-0.1, -0.05) is 0 Å². The van der Waals surface area contributed by atoms with E-state index in [4.69, 9.17) is 15.2 Å². The van der Waals surface area contributed by atoms with E-state index in [0.717, 1.165) is 0 Å². The molecular weight excluding hydrogens is 256 g/mol. The zero-order valence-corrected chi connectivity index (χ0v) is 10.2. The molecule has 2 aromatic rings. The molecule has 0 aliphatic heterocycles. The topological polar surface area (TPSA) is 122 Å². The Morgan fingerprint density at radius 1 is 1.53 bits per heavy atom. The van der Waals surface area contributed by atoms with Crippen molar-refractivity contribution in [1.29, 1.82) is 0 Å². The molecule has 0 fully saturated rings. The quantitative estimate of drug-likeness (QED) is 0.569. The molecule has 0 amide bonds. The van der Waals surface area contributed by atoms with Crippen molar-refractivity contribution in [3.8, 4) is 0 Å². The molecule has 9 heteroatoms. The van der Waals surface area contributed by atoms with Gasteiger partial charge in [-0.15, -0.1) is 0 Å². The number of nitrogen functional groups attached to an aromatic ring is 1. The summed E-state index contributed by atoms with van der Waals surface area (Å²) in [6.07, 6.45) is 1.39. The molecule has 0 unspecified atom stereocenters. The average Bonchev–Trinajstić information content (AvgIpc) is 2.72. The van der Waals surface area contributed by atoms with Crippen molar-refractivity contribution < 1.29 is 18.7 Å². The Morgan fingerprint density at radius 2 is 2.32 bits per heavy atom. The second-order valence-corrected chi connectivity index (χ2v) is 3.60. The van der Waals surface area contributed by atoms with Gasteiger partial charge in [-0.25, -0.2) is 9.78 Å². The summed E-state index contributed by atoms with van der Waals surface area (Å²) in [5, 5.41) is 0. The van der Waals surface area contributed by atoms with Gasteiger partial charge in [-0.05, 0) is 0 Å². The number of aromatic nitrogens is 3. The third-order valence-electron chi connectivity index (χ3n) is 2.18. The largest absolute Gasteiger partial charge is 0.463 e. The molecule has 0 spiro atoms. The molecule has 9 nitrogen and oxygen atoms in total. The molecule has 102 valence electrons. The van der Waals surface area contributed by atoms with E-state index >= 15 is 0 Å². The standard InChI is InChI=1S/C10H12N4O5/c1-6(15)18-3-2-17-5-14-4-12-7-8(14)13-10(11)19-9(7)16/h4H,2-3,5H2,1H3,(H2,11,13). The highest BCUT2D eigenvalue weighted by atomic mass is 16.6. The van der Waals surface area contributed by atoms with Crippen LogP contribution in [0.15, 0.2) is 15.5 Å². The maximum Gasteiger partial charge on any atom is 0.368 e. The molecule has 0 aliphatic carbocycles. The number of carbonyl (C=O) groups is 1. The SMILES string of the molecule is CC(=O)OCCOCn1cnc2c(=O)oc(N)nc21. The average molecular weight is 268 g/mol. The second kappa shape index (κ2) is 5.48. The van der Waals surface area contributed by atoms with Crippen LogP contribution in [0.5, 0.6) is 0 Å². The van der Waals surface area contributed by atoms with Crippen molar-refractivity contribution in [2.75, 3.05) is 18.9 Å². The molecule has 2 N–H and O–H groups in total. The van der Waals surface area contributed by atoms with Crippen LogP contribution in [0, 0.1) is 0 Å². The first kappa shape index (κ1) is 13.0. The number of anilines is 1. The smallest absolute Gasteiger partial charge is 0.368 e. The number of fused-ring (bicyclic) bond motifs is 1. The van der Waals surface area contributed by atoms with Gasteiger partial charge >= 0.3 is 11.6 Å². The third kappa shape index (κ3) is 3.07. The molecule has 0 saturated heterocycles. The first-order chi connectivity index (χ1) is 9.08. The number of rotatable bonds is 5. The predicted octanol–water partition coefficient (Wildman–Crippen LogP) is -0.496. The first-order valence-corrected chi connectivity index (χ1v) is 5.40. The summed E-state index contributed by atoms with van der Waals surface area (Å²) >= 11 is 0. The van der Waals surface area contributed by atoms with Crippen LogP contribution >= 0.6 is 0 Å². The minimum atomic E-state index is -0.652. The molecule has 0 radical (unpaired) electrons. The summed E-state index contributed by atoms with van der Waals surface area (Å²) in [7, 11) is 0. The van der Waals surface area contributed by atoms with Crippen molar-refractivity contribution in [1.82, 2.24) is 14.5 Å². The molecule has 0 bridgehead atoms. The molecule has 0 saturated carbocycles. The molecule has 19 heavy (non-hydrogen) atoms.